The number of rotatable bonds is 6. The third-order valence-electron chi connectivity index (χ3n) is 2.40. The molecular formula is C14H18O. The standard InChI is InChI=1S/C14H18O/c1-3-4-8-14(15)10-9-13-7-5-6-12(2)11-13/h3,5-7,11H,1,4,8-10H2,2H3. The molecule has 1 rings (SSSR count). The van der Waals surface area contributed by atoms with E-state index in [1.165, 1.54) is 11.1 Å². The molecule has 0 radical (unpaired) electrons. The van der Waals surface area contributed by atoms with Crippen LogP contribution in [0.5, 0.6) is 0 Å². The number of benzene rings is 1. The van der Waals surface area contributed by atoms with Crippen LogP contribution >= 0.6 is 0 Å². The third-order valence-corrected chi connectivity index (χ3v) is 2.40. The molecule has 0 aromatic heterocycles. The van der Waals surface area contributed by atoms with Crippen molar-refractivity contribution in [3.8, 4) is 0 Å². The molecule has 1 aromatic carbocycles. The van der Waals surface area contributed by atoms with Crippen molar-refractivity contribution in [2.24, 2.45) is 0 Å². The first-order chi connectivity index (χ1) is 7.22. The van der Waals surface area contributed by atoms with Crippen LogP contribution < -0.4 is 0 Å². The molecule has 1 nitrogen and oxygen atoms in total. The van der Waals surface area contributed by atoms with Crippen molar-refractivity contribution < 1.29 is 4.79 Å². The number of Topliss-reactive ketones (excluding diaryl/α,β-unsaturated/α-hetero) is 1. The van der Waals surface area contributed by atoms with Crippen LogP contribution in [0.4, 0.5) is 0 Å². The Morgan fingerprint density at radius 1 is 1.40 bits per heavy atom. The largest absolute Gasteiger partial charge is 0.300 e. The van der Waals surface area contributed by atoms with E-state index in [0.717, 1.165) is 12.8 Å². The van der Waals surface area contributed by atoms with Gasteiger partial charge in [-0.2, -0.15) is 0 Å². The van der Waals surface area contributed by atoms with Gasteiger partial charge in [0.2, 0.25) is 0 Å². The Morgan fingerprint density at radius 2 is 2.20 bits per heavy atom. The summed E-state index contributed by atoms with van der Waals surface area (Å²) >= 11 is 0. The maximum Gasteiger partial charge on any atom is 0.133 e. The first-order valence-electron chi connectivity index (χ1n) is 5.40. The predicted molar refractivity (Wildman–Crippen MR) is 63.9 cm³/mol. The van der Waals surface area contributed by atoms with Crippen molar-refractivity contribution >= 4 is 5.78 Å². The van der Waals surface area contributed by atoms with E-state index in [1.54, 1.807) is 6.08 Å². The van der Waals surface area contributed by atoms with Crippen LogP contribution in [-0.2, 0) is 11.2 Å². The van der Waals surface area contributed by atoms with E-state index in [4.69, 9.17) is 0 Å². The molecular weight excluding hydrogens is 184 g/mol. The molecule has 0 heterocycles. The fraction of sp³-hybridized carbons (Fsp3) is 0.357. The van der Waals surface area contributed by atoms with Crippen molar-refractivity contribution in [1.82, 2.24) is 0 Å². The summed E-state index contributed by atoms with van der Waals surface area (Å²) in [5.41, 5.74) is 2.51. The van der Waals surface area contributed by atoms with Crippen molar-refractivity contribution in [1.29, 1.82) is 0 Å². The molecule has 0 N–H and O–H groups in total. The Hall–Kier alpha value is -1.37. The lowest BCUT2D eigenvalue weighted by Gasteiger charge is -2.01. The van der Waals surface area contributed by atoms with E-state index < -0.39 is 0 Å². The van der Waals surface area contributed by atoms with Gasteiger partial charge in [-0.1, -0.05) is 35.9 Å². The van der Waals surface area contributed by atoms with Gasteiger partial charge in [-0.15, -0.1) is 6.58 Å². The summed E-state index contributed by atoms with van der Waals surface area (Å²) in [6.45, 7) is 5.68. The lowest BCUT2D eigenvalue weighted by Crippen LogP contribution is -1.99. The minimum atomic E-state index is 0.330. The topological polar surface area (TPSA) is 17.1 Å². The van der Waals surface area contributed by atoms with Crippen molar-refractivity contribution in [2.75, 3.05) is 0 Å². The van der Waals surface area contributed by atoms with Crippen LogP contribution in [0.2, 0.25) is 0 Å². The third kappa shape index (κ3) is 4.59. The molecule has 0 aliphatic rings. The lowest BCUT2D eigenvalue weighted by molar-refractivity contribution is -0.118. The minimum absolute atomic E-state index is 0.330. The number of allylic oxidation sites excluding steroid dienone is 1. The minimum Gasteiger partial charge on any atom is -0.300 e. The summed E-state index contributed by atoms with van der Waals surface area (Å²) in [6.07, 6.45) is 4.74. The highest BCUT2D eigenvalue weighted by molar-refractivity contribution is 5.78. The quantitative estimate of drug-likeness (QED) is 0.646. The van der Waals surface area contributed by atoms with Crippen LogP contribution in [0.15, 0.2) is 36.9 Å². The maximum atomic E-state index is 11.4. The van der Waals surface area contributed by atoms with Gasteiger partial charge < -0.3 is 0 Å². The molecule has 0 spiro atoms. The van der Waals surface area contributed by atoms with Gasteiger partial charge >= 0.3 is 0 Å². The summed E-state index contributed by atoms with van der Waals surface area (Å²) in [5, 5.41) is 0. The Kier molecular flexibility index (Phi) is 4.82. The number of ketones is 1. The summed E-state index contributed by atoms with van der Waals surface area (Å²) in [6, 6.07) is 8.33. The highest BCUT2D eigenvalue weighted by atomic mass is 16.1. The van der Waals surface area contributed by atoms with Crippen molar-refractivity contribution in [2.45, 2.75) is 32.6 Å². The van der Waals surface area contributed by atoms with Crippen LogP contribution in [0, 0.1) is 6.92 Å². The zero-order valence-corrected chi connectivity index (χ0v) is 9.33. The average Bonchev–Trinajstić information content (AvgIpc) is 2.23. The second-order valence-electron chi connectivity index (χ2n) is 3.86. The zero-order valence-electron chi connectivity index (χ0n) is 9.33. The van der Waals surface area contributed by atoms with E-state index in [1.807, 2.05) is 6.07 Å². The number of hydrogen-bond donors (Lipinski definition) is 0. The lowest BCUT2D eigenvalue weighted by atomic mass is 10.0. The first kappa shape index (κ1) is 11.7. The van der Waals surface area contributed by atoms with Gasteiger partial charge in [-0.05, 0) is 25.3 Å². The molecule has 15 heavy (non-hydrogen) atoms. The summed E-state index contributed by atoms with van der Waals surface area (Å²) < 4.78 is 0. The van der Waals surface area contributed by atoms with Gasteiger partial charge in [-0.3, -0.25) is 4.79 Å². The molecule has 0 saturated carbocycles. The van der Waals surface area contributed by atoms with E-state index in [9.17, 15) is 4.79 Å². The van der Waals surface area contributed by atoms with Gasteiger partial charge in [0.15, 0.2) is 0 Å². The SMILES string of the molecule is C=CCCC(=O)CCc1cccc(C)c1. The summed E-state index contributed by atoms with van der Waals surface area (Å²) in [4.78, 5) is 11.4. The van der Waals surface area contributed by atoms with Gasteiger partial charge in [0.1, 0.15) is 5.78 Å². The monoisotopic (exact) mass is 202 g/mol. The Balaban J connectivity index is 2.36. The molecule has 0 fully saturated rings. The average molecular weight is 202 g/mol. The van der Waals surface area contributed by atoms with Gasteiger partial charge in [0.25, 0.3) is 0 Å². The van der Waals surface area contributed by atoms with E-state index in [0.29, 0.717) is 18.6 Å². The number of carbonyl (C=O) groups excluding carboxylic acids is 1. The fourth-order valence-electron chi connectivity index (χ4n) is 1.54. The second kappa shape index (κ2) is 6.18. The van der Waals surface area contributed by atoms with Gasteiger partial charge in [0.05, 0.1) is 0 Å². The van der Waals surface area contributed by atoms with E-state index in [-0.39, 0.29) is 0 Å². The molecule has 0 amide bonds. The van der Waals surface area contributed by atoms with Gasteiger partial charge in [-0.25, -0.2) is 0 Å². The maximum absolute atomic E-state index is 11.4. The second-order valence-corrected chi connectivity index (χ2v) is 3.86. The molecule has 80 valence electrons. The number of hydrogen-bond acceptors (Lipinski definition) is 1. The van der Waals surface area contributed by atoms with Crippen molar-refractivity contribution in [3.63, 3.8) is 0 Å². The normalized spacial score (nSPS) is 9.93. The highest BCUT2D eigenvalue weighted by Gasteiger charge is 2.01. The van der Waals surface area contributed by atoms with Crippen LogP contribution in [0.25, 0.3) is 0 Å². The number of carbonyl (C=O) groups is 1. The molecule has 1 heteroatoms. The summed E-state index contributed by atoms with van der Waals surface area (Å²) in [5.74, 6) is 0.330. The molecule has 0 atom stereocenters. The molecule has 0 bridgehead atoms. The Labute approximate surface area is 91.8 Å². The molecule has 0 aliphatic heterocycles. The van der Waals surface area contributed by atoms with E-state index >= 15 is 0 Å². The number of aryl methyl sites for hydroxylation is 2. The predicted octanol–water partition coefficient (Wildman–Crippen LogP) is 3.46. The fourth-order valence-corrected chi connectivity index (χ4v) is 1.54. The van der Waals surface area contributed by atoms with Crippen LogP contribution in [0.3, 0.4) is 0 Å². The van der Waals surface area contributed by atoms with Crippen molar-refractivity contribution in [3.05, 3.63) is 48.0 Å². The first-order valence-corrected chi connectivity index (χ1v) is 5.40. The van der Waals surface area contributed by atoms with E-state index in [2.05, 4.69) is 31.7 Å². The Morgan fingerprint density at radius 3 is 2.87 bits per heavy atom. The van der Waals surface area contributed by atoms with Gasteiger partial charge in [0, 0.05) is 12.8 Å². The smallest absolute Gasteiger partial charge is 0.133 e. The summed E-state index contributed by atoms with van der Waals surface area (Å²) in [7, 11) is 0. The molecule has 0 saturated heterocycles. The molecule has 0 unspecified atom stereocenters. The van der Waals surface area contributed by atoms with Crippen LogP contribution in [0.1, 0.15) is 30.4 Å². The zero-order chi connectivity index (χ0) is 11.1. The Bertz CT molecular complexity index is 339. The highest BCUT2D eigenvalue weighted by Crippen LogP contribution is 2.08. The van der Waals surface area contributed by atoms with Crippen LogP contribution in [-0.4, -0.2) is 5.78 Å². The molecule has 1 aromatic rings. The molecule has 0 aliphatic carbocycles.